The maximum Gasteiger partial charge on any atom is 0.271 e. The molecule has 5 heteroatoms. The minimum absolute atomic E-state index is 0.140. The molecule has 0 radical (unpaired) electrons. The number of rotatable bonds is 3. The lowest BCUT2D eigenvalue weighted by Gasteiger charge is -2.04. The summed E-state index contributed by atoms with van der Waals surface area (Å²) in [5.41, 5.74) is 3.19. The number of amides is 1. The van der Waals surface area contributed by atoms with Crippen LogP contribution in [0, 0.1) is 6.92 Å². The molecule has 3 nitrogen and oxygen atoms in total. The highest BCUT2D eigenvalue weighted by Crippen LogP contribution is 2.12. The van der Waals surface area contributed by atoms with Gasteiger partial charge in [0.2, 0.25) is 0 Å². The number of thiazole rings is 1. The Kier molecular flexibility index (Phi) is 3.76. The summed E-state index contributed by atoms with van der Waals surface area (Å²) in [5, 5.41) is 3.51. The Labute approximate surface area is 108 Å². The average molecular weight is 267 g/mol. The molecular weight excluding hydrogens is 256 g/mol. The van der Waals surface area contributed by atoms with E-state index in [9.17, 15) is 4.79 Å². The van der Waals surface area contributed by atoms with Crippen molar-refractivity contribution in [2.45, 2.75) is 13.5 Å². The first-order valence-corrected chi connectivity index (χ1v) is 6.35. The van der Waals surface area contributed by atoms with Crippen molar-refractivity contribution in [1.82, 2.24) is 10.3 Å². The number of carbonyl (C=O) groups excluding carboxylic acids is 1. The highest BCUT2D eigenvalue weighted by molar-refractivity contribution is 7.09. The summed E-state index contributed by atoms with van der Waals surface area (Å²) in [6, 6.07) is 7.38. The summed E-state index contributed by atoms with van der Waals surface area (Å²) in [5.74, 6) is -0.140. The summed E-state index contributed by atoms with van der Waals surface area (Å²) >= 11 is 7.25. The van der Waals surface area contributed by atoms with Crippen molar-refractivity contribution < 1.29 is 4.79 Å². The number of benzene rings is 1. The summed E-state index contributed by atoms with van der Waals surface area (Å²) in [6.45, 7) is 2.36. The van der Waals surface area contributed by atoms with Gasteiger partial charge in [-0.3, -0.25) is 4.79 Å². The van der Waals surface area contributed by atoms with Gasteiger partial charge in [-0.2, -0.15) is 0 Å². The van der Waals surface area contributed by atoms with Crippen LogP contribution < -0.4 is 5.32 Å². The van der Waals surface area contributed by atoms with Gasteiger partial charge in [-0.1, -0.05) is 23.7 Å². The molecule has 0 aliphatic carbocycles. The molecule has 0 atom stereocenters. The van der Waals surface area contributed by atoms with Crippen LogP contribution in [0.3, 0.4) is 0 Å². The SMILES string of the molecule is Cc1scnc1C(=O)NCc1ccc(Cl)cc1. The second-order valence-electron chi connectivity index (χ2n) is 3.57. The van der Waals surface area contributed by atoms with E-state index in [0.717, 1.165) is 10.4 Å². The number of nitrogens with zero attached hydrogens (tertiary/aromatic N) is 1. The van der Waals surface area contributed by atoms with Crippen molar-refractivity contribution in [2.75, 3.05) is 0 Å². The van der Waals surface area contributed by atoms with Crippen LogP contribution >= 0.6 is 22.9 Å². The first-order chi connectivity index (χ1) is 8.16. The third kappa shape index (κ3) is 3.05. The fourth-order valence-corrected chi connectivity index (χ4v) is 2.09. The number of nitrogens with one attached hydrogen (secondary N) is 1. The largest absolute Gasteiger partial charge is 0.347 e. The molecule has 1 amide bonds. The number of aromatic nitrogens is 1. The van der Waals surface area contributed by atoms with Crippen LogP contribution in [0.15, 0.2) is 29.8 Å². The number of hydrogen-bond donors (Lipinski definition) is 1. The molecule has 0 saturated carbocycles. The van der Waals surface area contributed by atoms with E-state index in [2.05, 4.69) is 10.3 Å². The van der Waals surface area contributed by atoms with Crippen molar-refractivity contribution in [2.24, 2.45) is 0 Å². The highest BCUT2D eigenvalue weighted by Gasteiger charge is 2.10. The van der Waals surface area contributed by atoms with Gasteiger partial charge in [-0.15, -0.1) is 11.3 Å². The third-order valence-electron chi connectivity index (χ3n) is 2.33. The van der Waals surface area contributed by atoms with E-state index in [1.165, 1.54) is 11.3 Å². The van der Waals surface area contributed by atoms with Crippen LogP contribution in [-0.4, -0.2) is 10.9 Å². The Morgan fingerprint density at radius 2 is 2.12 bits per heavy atom. The van der Waals surface area contributed by atoms with Gasteiger partial charge in [-0.05, 0) is 24.6 Å². The van der Waals surface area contributed by atoms with Crippen molar-refractivity contribution in [1.29, 1.82) is 0 Å². The van der Waals surface area contributed by atoms with Gasteiger partial charge in [0.05, 0.1) is 5.51 Å². The predicted octanol–water partition coefficient (Wildman–Crippen LogP) is 3.03. The minimum Gasteiger partial charge on any atom is -0.347 e. The zero-order chi connectivity index (χ0) is 12.3. The van der Waals surface area contributed by atoms with Crippen LogP contribution in [0.5, 0.6) is 0 Å². The molecule has 0 bridgehead atoms. The lowest BCUT2D eigenvalue weighted by atomic mass is 10.2. The van der Waals surface area contributed by atoms with Crippen molar-refractivity contribution in [3.05, 3.63) is 50.9 Å². The van der Waals surface area contributed by atoms with E-state index in [4.69, 9.17) is 11.6 Å². The average Bonchev–Trinajstić information content (AvgIpc) is 2.74. The van der Waals surface area contributed by atoms with Gasteiger partial charge in [0.25, 0.3) is 5.91 Å². The molecule has 2 rings (SSSR count). The fourth-order valence-electron chi connectivity index (χ4n) is 1.39. The molecule has 0 aliphatic heterocycles. The molecule has 1 heterocycles. The van der Waals surface area contributed by atoms with Crippen LogP contribution in [-0.2, 0) is 6.54 Å². The number of hydrogen-bond acceptors (Lipinski definition) is 3. The smallest absolute Gasteiger partial charge is 0.271 e. The van der Waals surface area contributed by atoms with Crippen LogP contribution in [0.1, 0.15) is 20.9 Å². The minimum atomic E-state index is -0.140. The Morgan fingerprint density at radius 3 is 2.71 bits per heavy atom. The Balaban J connectivity index is 1.97. The predicted molar refractivity (Wildman–Crippen MR) is 69.5 cm³/mol. The number of aryl methyl sites for hydroxylation is 1. The molecule has 0 spiro atoms. The summed E-state index contributed by atoms with van der Waals surface area (Å²) in [6.07, 6.45) is 0. The maximum atomic E-state index is 11.8. The molecule has 0 aliphatic rings. The summed E-state index contributed by atoms with van der Waals surface area (Å²) in [7, 11) is 0. The zero-order valence-electron chi connectivity index (χ0n) is 9.24. The second-order valence-corrected chi connectivity index (χ2v) is 5.06. The number of carbonyl (C=O) groups is 1. The van der Waals surface area contributed by atoms with Crippen molar-refractivity contribution >= 4 is 28.8 Å². The quantitative estimate of drug-likeness (QED) is 0.928. The van der Waals surface area contributed by atoms with E-state index < -0.39 is 0 Å². The normalized spacial score (nSPS) is 10.2. The van der Waals surface area contributed by atoms with Gasteiger partial charge in [0, 0.05) is 16.4 Å². The summed E-state index contributed by atoms with van der Waals surface area (Å²) < 4.78 is 0. The molecule has 17 heavy (non-hydrogen) atoms. The van der Waals surface area contributed by atoms with Crippen LogP contribution in [0.4, 0.5) is 0 Å². The molecule has 0 unspecified atom stereocenters. The van der Waals surface area contributed by atoms with E-state index in [1.807, 2.05) is 19.1 Å². The second kappa shape index (κ2) is 5.29. The van der Waals surface area contributed by atoms with E-state index in [1.54, 1.807) is 17.6 Å². The summed E-state index contributed by atoms with van der Waals surface area (Å²) in [4.78, 5) is 16.7. The lowest BCUT2D eigenvalue weighted by molar-refractivity contribution is 0.0946. The van der Waals surface area contributed by atoms with E-state index >= 15 is 0 Å². The van der Waals surface area contributed by atoms with Gasteiger partial charge >= 0.3 is 0 Å². The van der Waals surface area contributed by atoms with E-state index in [0.29, 0.717) is 17.3 Å². The first kappa shape index (κ1) is 12.1. The van der Waals surface area contributed by atoms with Gasteiger partial charge in [-0.25, -0.2) is 4.98 Å². The molecular formula is C12H11ClN2OS. The Bertz CT molecular complexity index is 522. The molecule has 2 aromatic rings. The molecule has 0 fully saturated rings. The zero-order valence-corrected chi connectivity index (χ0v) is 10.8. The number of halogens is 1. The standard InChI is InChI=1S/C12H11ClN2OS/c1-8-11(15-7-17-8)12(16)14-6-9-2-4-10(13)5-3-9/h2-5,7H,6H2,1H3,(H,14,16). The maximum absolute atomic E-state index is 11.8. The topological polar surface area (TPSA) is 42.0 Å². The van der Waals surface area contributed by atoms with Crippen molar-refractivity contribution in [3.63, 3.8) is 0 Å². The molecule has 1 aromatic carbocycles. The molecule has 88 valence electrons. The Morgan fingerprint density at radius 1 is 1.41 bits per heavy atom. The lowest BCUT2D eigenvalue weighted by Crippen LogP contribution is -2.23. The first-order valence-electron chi connectivity index (χ1n) is 5.09. The third-order valence-corrected chi connectivity index (χ3v) is 3.34. The molecule has 1 aromatic heterocycles. The Hall–Kier alpha value is -1.39. The van der Waals surface area contributed by atoms with Crippen molar-refractivity contribution in [3.8, 4) is 0 Å². The van der Waals surface area contributed by atoms with Crippen LogP contribution in [0.2, 0.25) is 5.02 Å². The van der Waals surface area contributed by atoms with Gasteiger partial charge in [0.15, 0.2) is 0 Å². The highest BCUT2D eigenvalue weighted by atomic mass is 35.5. The molecule has 1 N–H and O–H groups in total. The van der Waals surface area contributed by atoms with Gasteiger partial charge in [0.1, 0.15) is 5.69 Å². The monoisotopic (exact) mass is 266 g/mol. The van der Waals surface area contributed by atoms with Crippen LogP contribution in [0.25, 0.3) is 0 Å². The fraction of sp³-hybridized carbons (Fsp3) is 0.167. The molecule has 0 saturated heterocycles. The van der Waals surface area contributed by atoms with E-state index in [-0.39, 0.29) is 5.91 Å². The van der Waals surface area contributed by atoms with Gasteiger partial charge < -0.3 is 5.32 Å².